The van der Waals surface area contributed by atoms with Gasteiger partial charge in [-0.3, -0.25) is 9.59 Å². The van der Waals surface area contributed by atoms with Crippen molar-refractivity contribution in [3.8, 4) is 5.75 Å². The largest absolute Gasteiger partial charge is 0.496 e. The van der Waals surface area contributed by atoms with Crippen LogP contribution in [-0.2, 0) is 16.1 Å². The Kier molecular flexibility index (Phi) is 6.62. The summed E-state index contributed by atoms with van der Waals surface area (Å²) in [5.74, 6) is 0.427. The lowest BCUT2D eigenvalue weighted by Crippen LogP contribution is -2.48. The predicted molar refractivity (Wildman–Crippen MR) is 94.2 cm³/mol. The molecule has 5 nitrogen and oxygen atoms in total. The molecule has 6 heteroatoms. The molecule has 1 unspecified atom stereocenters. The molecule has 0 aliphatic rings. The van der Waals surface area contributed by atoms with Crippen molar-refractivity contribution in [2.45, 2.75) is 40.3 Å². The molecule has 1 aromatic carbocycles. The summed E-state index contributed by atoms with van der Waals surface area (Å²) in [6.45, 7) is 7.54. The van der Waals surface area contributed by atoms with Crippen LogP contribution in [0.1, 0.15) is 33.3 Å². The molecule has 0 aliphatic heterocycles. The van der Waals surface area contributed by atoms with Gasteiger partial charge in [0.2, 0.25) is 11.8 Å². The highest BCUT2D eigenvalue weighted by molar-refractivity contribution is 9.10. The fraction of sp³-hybridized carbons (Fsp3) is 0.529. The number of nitrogens with zero attached hydrogens (tertiary/aromatic N) is 1. The number of ether oxygens (including phenoxy) is 1. The van der Waals surface area contributed by atoms with Crippen molar-refractivity contribution in [2.24, 2.45) is 5.41 Å². The summed E-state index contributed by atoms with van der Waals surface area (Å²) < 4.78 is 6.24. The van der Waals surface area contributed by atoms with E-state index in [1.807, 2.05) is 39.0 Å². The number of likely N-dealkylation sites (N-methyl/N-ethyl adjacent to an activating group) is 1. The van der Waals surface area contributed by atoms with Crippen molar-refractivity contribution in [2.75, 3.05) is 14.2 Å². The van der Waals surface area contributed by atoms with Gasteiger partial charge in [0.05, 0.1) is 7.11 Å². The average molecular weight is 385 g/mol. The van der Waals surface area contributed by atoms with Crippen molar-refractivity contribution in [3.63, 3.8) is 0 Å². The maximum atomic E-state index is 12.5. The maximum absolute atomic E-state index is 12.5. The number of methoxy groups -OCH3 is 1. The third kappa shape index (κ3) is 5.53. The molecule has 0 saturated carbocycles. The highest BCUT2D eigenvalue weighted by Crippen LogP contribution is 2.24. The number of amides is 2. The summed E-state index contributed by atoms with van der Waals surface area (Å²) in [5.41, 5.74) is 0.368. The number of carbonyl (C=O) groups excluding carboxylic acids is 2. The summed E-state index contributed by atoms with van der Waals surface area (Å²) in [7, 11) is 3.31. The molecule has 0 heterocycles. The summed E-state index contributed by atoms with van der Waals surface area (Å²) in [6, 6.07) is 5.07. The fourth-order valence-corrected chi connectivity index (χ4v) is 2.42. The number of carbonyl (C=O) groups is 2. The van der Waals surface area contributed by atoms with Crippen LogP contribution >= 0.6 is 15.9 Å². The number of hydrogen-bond acceptors (Lipinski definition) is 3. The van der Waals surface area contributed by atoms with E-state index in [1.165, 1.54) is 0 Å². The van der Waals surface area contributed by atoms with Crippen LogP contribution in [0.4, 0.5) is 0 Å². The topological polar surface area (TPSA) is 58.6 Å². The molecule has 1 atom stereocenters. The van der Waals surface area contributed by atoms with E-state index < -0.39 is 11.5 Å². The molecular formula is C17H25BrN2O3. The summed E-state index contributed by atoms with van der Waals surface area (Å²) in [5, 5.41) is 2.76. The monoisotopic (exact) mass is 384 g/mol. The Balaban J connectivity index is 2.78. The number of halogens is 1. The molecule has 0 aliphatic carbocycles. The lowest BCUT2D eigenvalue weighted by molar-refractivity contribution is -0.137. The second kappa shape index (κ2) is 7.81. The first-order valence-electron chi connectivity index (χ1n) is 7.44. The van der Waals surface area contributed by atoms with Crippen LogP contribution < -0.4 is 10.1 Å². The quantitative estimate of drug-likeness (QED) is 0.848. The molecule has 0 fully saturated rings. The Morgan fingerprint density at radius 1 is 1.35 bits per heavy atom. The Hall–Kier alpha value is -1.56. The highest BCUT2D eigenvalue weighted by atomic mass is 79.9. The van der Waals surface area contributed by atoms with E-state index in [4.69, 9.17) is 4.74 Å². The molecule has 1 rings (SSSR count). The Morgan fingerprint density at radius 2 is 1.96 bits per heavy atom. The van der Waals surface area contributed by atoms with Crippen molar-refractivity contribution in [1.82, 2.24) is 10.2 Å². The van der Waals surface area contributed by atoms with E-state index in [0.717, 1.165) is 15.8 Å². The lowest BCUT2D eigenvalue weighted by Gasteiger charge is -2.25. The standard InChI is InChI=1S/C17H25BrN2O3/c1-11(19-16(22)17(2,3)4)15(21)20(5)10-12-9-13(18)7-8-14(12)23-6/h7-9,11H,10H2,1-6H3,(H,19,22). The first kappa shape index (κ1) is 19.5. The van der Waals surface area contributed by atoms with Gasteiger partial charge in [-0.25, -0.2) is 0 Å². The lowest BCUT2D eigenvalue weighted by atomic mass is 9.95. The van der Waals surface area contributed by atoms with Crippen LogP contribution in [0.25, 0.3) is 0 Å². The minimum Gasteiger partial charge on any atom is -0.496 e. The molecule has 1 aromatic rings. The molecule has 0 saturated heterocycles. The fourth-order valence-electron chi connectivity index (χ4n) is 2.01. The van der Waals surface area contributed by atoms with E-state index >= 15 is 0 Å². The van der Waals surface area contributed by atoms with Crippen molar-refractivity contribution in [3.05, 3.63) is 28.2 Å². The molecule has 1 N–H and O–H groups in total. The summed E-state index contributed by atoms with van der Waals surface area (Å²) in [4.78, 5) is 26.0. The van der Waals surface area contributed by atoms with Gasteiger partial charge in [-0.05, 0) is 25.1 Å². The number of hydrogen-bond donors (Lipinski definition) is 1. The van der Waals surface area contributed by atoms with Gasteiger partial charge in [-0.2, -0.15) is 0 Å². The van der Waals surface area contributed by atoms with Gasteiger partial charge in [-0.1, -0.05) is 36.7 Å². The van der Waals surface area contributed by atoms with Crippen LogP contribution in [0.3, 0.4) is 0 Å². The summed E-state index contributed by atoms with van der Waals surface area (Å²) in [6.07, 6.45) is 0. The molecule has 0 spiro atoms. The normalized spacial score (nSPS) is 12.5. The van der Waals surface area contributed by atoms with Crippen molar-refractivity contribution < 1.29 is 14.3 Å². The highest BCUT2D eigenvalue weighted by Gasteiger charge is 2.26. The third-order valence-electron chi connectivity index (χ3n) is 3.43. The Bertz CT molecular complexity index is 582. The van der Waals surface area contributed by atoms with Crippen LogP contribution in [0.2, 0.25) is 0 Å². The molecular weight excluding hydrogens is 360 g/mol. The second-order valence-corrected chi connectivity index (χ2v) is 7.51. The van der Waals surface area contributed by atoms with Crippen LogP contribution in [0.15, 0.2) is 22.7 Å². The van der Waals surface area contributed by atoms with Crippen LogP contribution in [-0.4, -0.2) is 36.9 Å². The van der Waals surface area contributed by atoms with Gasteiger partial charge >= 0.3 is 0 Å². The van der Waals surface area contributed by atoms with Crippen LogP contribution in [0.5, 0.6) is 5.75 Å². The van der Waals surface area contributed by atoms with Gasteiger partial charge in [0.25, 0.3) is 0 Å². The van der Waals surface area contributed by atoms with E-state index in [9.17, 15) is 9.59 Å². The zero-order valence-electron chi connectivity index (χ0n) is 14.6. The minimum atomic E-state index is -0.579. The molecule has 23 heavy (non-hydrogen) atoms. The van der Waals surface area contributed by atoms with E-state index in [0.29, 0.717) is 6.54 Å². The molecule has 0 aromatic heterocycles. The third-order valence-corrected chi connectivity index (χ3v) is 3.92. The van der Waals surface area contributed by atoms with E-state index in [1.54, 1.807) is 26.0 Å². The number of rotatable bonds is 5. The Labute approximate surface area is 146 Å². The molecule has 0 bridgehead atoms. The van der Waals surface area contributed by atoms with Gasteiger partial charge in [-0.15, -0.1) is 0 Å². The second-order valence-electron chi connectivity index (χ2n) is 6.60. The number of nitrogens with one attached hydrogen (secondary N) is 1. The number of benzene rings is 1. The predicted octanol–water partition coefficient (Wildman–Crippen LogP) is 2.97. The van der Waals surface area contributed by atoms with Crippen molar-refractivity contribution in [1.29, 1.82) is 0 Å². The van der Waals surface area contributed by atoms with E-state index in [-0.39, 0.29) is 11.8 Å². The average Bonchev–Trinajstić information content (AvgIpc) is 2.45. The van der Waals surface area contributed by atoms with Crippen LogP contribution in [0, 0.1) is 5.41 Å². The maximum Gasteiger partial charge on any atom is 0.244 e. The minimum absolute atomic E-state index is 0.146. The summed E-state index contributed by atoms with van der Waals surface area (Å²) >= 11 is 3.42. The Morgan fingerprint density at radius 3 is 2.48 bits per heavy atom. The first-order valence-corrected chi connectivity index (χ1v) is 8.24. The van der Waals surface area contributed by atoms with E-state index in [2.05, 4.69) is 21.2 Å². The van der Waals surface area contributed by atoms with Crippen molar-refractivity contribution >= 4 is 27.7 Å². The molecule has 2 amide bonds. The molecule has 0 radical (unpaired) electrons. The van der Waals surface area contributed by atoms with Gasteiger partial charge < -0.3 is 15.0 Å². The molecule has 128 valence electrons. The smallest absolute Gasteiger partial charge is 0.244 e. The van der Waals surface area contributed by atoms with Gasteiger partial charge in [0.1, 0.15) is 11.8 Å². The SMILES string of the molecule is COc1ccc(Br)cc1CN(C)C(=O)C(C)NC(=O)C(C)(C)C. The van der Waals surface area contributed by atoms with Gasteiger partial charge in [0, 0.05) is 29.0 Å². The zero-order valence-corrected chi connectivity index (χ0v) is 16.2. The zero-order chi connectivity index (χ0) is 17.8. The van der Waals surface area contributed by atoms with Gasteiger partial charge in [0.15, 0.2) is 0 Å². The first-order chi connectivity index (χ1) is 10.6.